The van der Waals surface area contributed by atoms with Gasteiger partial charge in [-0.15, -0.1) is 0 Å². The van der Waals surface area contributed by atoms with Gasteiger partial charge in [0.1, 0.15) is 5.54 Å². The first kappa shape index (κ1) is 10.5. The molecular weight excluding hydrogens is 160 g/mol. The van der Waals surface area contributed by atoms with Gasteiger partial charge in [0.2, 0.25) is 0 Å². The van der Waals surface area contributed by atoms with Gasteiger partial charge in [0.25, 0.3) is 0 Å². The lowest BCUT2D eigenvalue weighted by Crippen LogP contribution is -2.47. The van der Waals surface area contributed by atoms with E-state index in [9.17, 15) is 5.26 Å². The van der Waals surface area contributed by atoms with Gasteiger partial charge in [-0.3, -0.25) is 4.90 Å². The van der Waals surface area contributed by atoms with Crippen molar-refractivity contribution in [2.45, 2.75) is 51.5 Å². The molecule has 1 rings (SSSR count). The van der Waals surface area contributed by atoms with Crippen LogP contribution < -0.4 is 0 Å². The molecule has 1 fully saturated rings. The van der Waals surface area contributed by atoms with Gasteiger partial charge >= 0.3 is 0 Å². The lowest BCUT2D eigenvalue weighted by atomic mass is 9.93. The van der Waals surface area contributed by atoms with Gasteiger partial charge in [0.05, 0.1) is 6.07 Å². The second-order valence-electron chi connectivity index (χ2n) is 4.18. The fourth-order valence-corrected chi connectivity index (χ4v) is 2.16. The fraction of sp³-hybridized carbons (Fsp3) is 0.909. The lowest BCUT2D eigenvalue weighted by Gasteiger charge is -2.38. The minimum Gasteiger partial charge on any atom is -0.286 e. The summed E-state index contributed by atoms with van der Waals surface area (Å²) in [4.78, 5) is 2.36. The van der Waals surface area contributed by atoms with E-state index in [-0.39, 0.29) is 5.54 Å². The molecule has 2 nitrogen and oxygen atoms in total. The molecule has 0 aliphatic carbocycles. The normalized spacial score (nSPS) is 23.5. The molecule has 0 radical (unpaired) electrons. The molecule has 2 heteroatoms. The molecular formula is C11H20N2. The predicted octanol–water partition coefficient (Wildman–Crippen LogP) is 2.55. The third-order valence-electron chi connectivity index (χ3n) is 3.03. The summed E-state index contributed by atoms with van der Waals surface area (Å²) >= 11 is 0. The zero-order valence-corrected chi connectivity index (χ0v) is 8.84. The van der Waals surface area contributed by atoms with Crippen molar-refractivity contribution < 1.29 is 0 Å². The molecule has 1 unspecified atom stereocenters. The van der Waals surface area contributed by atoms with Gasteiger partial charge in [0, 0.05) is 0 Å². The van der Waals surface area contributed by atoms with Gasteiger partial charge in [-0.25, -0.2) is 0 Å². The van der Waals surface area contributed by atoms with Crippen molar-refractivity contribution in [2.24, 2.45) is 0 Å². The quantitative estimate of drug-likeness (QED) is 0.667. The van der Waals surface area contributed by atoms with Gasteiger partial charge in [-0.1, -0.05) is 19.8 Å². The number of rotatable bonds is 3. The Hall–Kier alpha value is -0.550. The van der Waals surface area contributed by atoms with E-state index in [0.717, 1.165) is 25.9 Å². The maximum atomic E-state index is 9.18. The summed E-state index contributed by atoms with van der Waals surface area (Å²) in [5.41, 5.74) is -0.199. The average Bonchev–Trinajstić information content (AvgIpc) is 2.19. The smallest absolute Gasteiger partial charge is 0.106 e. The highest BCUT2D eigenvalue weighted by Crippen LogP contribution is 2.24. The highest BCUT2D eigenvalue weighted by atomic mass is 15.2. The maximum Gasteiger partial charge on any atom is 0.106 e. The summed E-state index contributed by atoms with van der Waals surface area (Å²) in [7, 11) is 0. The molecule has 0 bridgehead atoms. The van der Waals surface area contributed by atoms with Gasteiger partial charge in [-0.2, -0.15) is 5.26 Å². The third-order valence-corrected chi connectivity index (χ3v) is 3.03. The molecule has 0 amide bonds. The molecule has 0 aromatic rings. The van der Waals surface area contributed by atoms with Crippen LogP contribution in [0.5, 0.6) is 0 Å². The Morgan fingerprint density at radius 2 is 1.92 bits per heavy atom. The minimum absolute atomic E-state index is 0.199. The molecule has 1 aliphatic rings. The van der Waals surface area contributed by atoms with Crippen LogP contribution in [0.1, 0.15) is 46.0 Å². The summed E-state index contributed by atoms with van der Waals surface area (Å²) in [6.45, 7) is 6.47. The van der Waals surface area contributed by atoms with E-state index < -0.39 is 0 Å². The number of likely N-dealkylation sites (tertiary alicyclic amines) is 1. The first-order valence-corrected chi connectivity index (χ1v) is 5.39. The summed E-state index contributed by atoms with van der Waals surface area (Å²) in [6, 6.07) is 2.48. The van der Waals surface area contributed by atoms with Crippen LogP contribution in [0.4, 0.5) is 0 Å². The SMILES string of the molecule is CCCC(C)(C#N)N1CCCCC1. The predicted molar refractivity (Wildman–Crippen MR) is 54.4 cm³/mol. The second-order valence-corrected chi connectivity index (χ2v) is 4.18. The van der Waals surface area contributed by atoms with Crippen LogP contribution in [0.2, 0.25) is 0 Å². The first-order valence-electron chi connectivity index (χ1n) is 5.39. The Morgan fingerprint density at radius 1 is 1.31 bits per heavy atom. The van der Waals surface area contributed by atoms with Crippen LogP contribution in [0.25, 0.3) is 0 Å². The van der Waals surface area contributed by atoms with E-state index >= 15 is 0 Å². The van der Waals surface area contributed by atoms with Crippen molar-refractivity contribution >= 4 is 0 Å². The van der Waals surface area contributed by atoms with Crippen molar-refractivity contribution in [1.29, 1.82) is 5.26 Å². The molecule has 1 saturated heterocycles. The van der Waals surface area contributed by atoms with Crippen molar-refractivity contribution in [3.05, 3.63) is 0 Å². The van der Waals surface area contributed by atoms with Crippen LogP contribution in [0.15, 0.2) is 0 Å². The largest absolute Gasteiger partial charge is 0.286 e. The van der Waals surface area contributed by atoms with Gasteiger partial charge < -0.3 is 0 Å². The highest BCUT2D eigenvalue weighted by Gasteiger charge is 2.31. The summed E-state index contributed by atoms with van der Waals surface area (Å²) in [5.74, 6) is 0. The Labute approximate surface area is 81.5 Å². The van der Waals surface area contributed by atoms with Crippen molar-refractivity contribution in [3.8, 4) is 6.07 Å². The Bertz CT molecular complexity index is 189. The van der Waals surface area contributed by atoms with Crippen LogP contribution in [-0.2, 0) is 0 Å². The van der Waals surface area contributed by atoms with Crippen LogP contribution in [0, 0.1) is 11.3 Å². The molecule has 1 heterocycles. The molecule has 74 valence electrons. The van der Waals surface area contributed by atoms with Crippen LogP contribution in [0.3, 0.4) is 0 Å². The molecule has 0 spiro atoms. The molecule has 0 saturated carbocycles. The van der Waals surface area contributed by atoms with E-state index in [1.807, 2.05) is 0 Å². The molecule has 1 atom stereocenters. The van der Waals surface area contributed by atoms with E-state index in [1.54, 1.807) is 0 Å². The number of hydrogen-bond acceptors (Lipinski definition) is 2. The van der Waals surface area contributed by atoms with Crippen molar-refractivity contribution in [2.75, 3.05) is 13.1 Å². The van der Waals surface area contributed by atoms with Crippen LogP contribution in [-0.4, -0.2) is 23.5 Å². The molecule has 13 heavy (non-hydrogen) atoms. The number of piperidine rings is 1. The summed E-state index contributed by atoms with van der Waals surface area (Å²) in [6.07, 6.45) is 5.97. The van der Waals surface area contributed by atoms with E-state index in [2.05, 4.69) is 24.8 Å². The van der Waals surface area contributed by atoms with E-state index in [4.69, 9.17) is 0 Å². The fourth-order valence-electron chi connectivity index (χ4n) is 2.16. The summed E-state index contributed by atoms with van der Waals surface area (Å²) < 4.78 is 0. The Kier molecular flexibility index (Phi) is 3.74. The first-order chi connectivity index (χ1) is 6.23. The van der Waals surface area contributed by atoms with Crippen LogP contribution >= 0.6 is 0 Å². The Balaban J connectivity index is 2.58. The van der Waals surface area contributed by atoms with Crippen molar-refractivity contribution in [1.82, 2.24) is 4.90 Å². The number of hydrogen-bond donors (Lipinski definition) is 0. The number of nitriles is 1. The van der Waals surface area contributed by atoms with Crippen molar-refractivity contribution in [3.63, 3.8) is 0 Å². The maximum absolute atomic E-state index is 9.18. The standard InChI is InChI=1S/C11H20N2/c1-3-7-11(2,10-12)13-8-5-4-6-9-13/h3-9H2,1-2H3. The van der Waals surface area contributed by atoms with Gasteiger partial charge in [-0.05, 0) is 39.3 Å². The minimum atomic E-state index is -0.199. The average molecular weight is 180 g/mol. The second kappa shape index (κ2) is 4.62. The number of nitrogens with zero attached hydrogens (tertiary/aromatic N) is 2. The molecule has 0 aromatic heterocycles. The molecule has 0 aromatic carbocycles. The van der Waals surface area contributed by atoms with E-state index in [0.29, 0.717) is 0 Å². The molecule has 0 N–H and O–H groups in total. The van der Waals surface area contributed by atoms with E-state index in [1.165, 1.54) is 19.3 Å². The highest BCUT2D eigenvalue weighted by molar-refractivity contribution is 5.05. The zero-order chi connectivity index (χ0) is 9.73. The summed E-state index contributed by atoms with van der Waals surface area (Å²) in [5, 5.41) is 9.18. The Morgan fingerprint density at radius 3 is 2.38 bits per heavy atom. The topological polar surface area (TPSA) is 27.0 Å². The van der Waals surface area contributed by atoms with Gasteiger partial charge in [0.15, 0.2) is 0 Å². The molecule has 1 aliphatic heterocycles. The monoisotopic (exact) mass is 180 g/mol. The zero-order valence-electron chi connectivity index (χ0n) is 8.84. The lowest BCUT2D eigenvalue weighted by molar-refractivity contribution is 0.116. The third kappa shape index (κ3) is 2.45.